The largest absolute Gasteiger partial charge is 0.370 e. The molecule has 0 radical (unpaired) electrons. The van der Waals surface area contributed by atoms with E-state index in [-0.39, 0.29) is 18.2 Å². The predicted octanol–water partition coefficient (Wildman–Crippen LogP) is 5.16. The van der Waals surface area contributed by atoms with Crippen LogP contribution in [0.25, 0.3) is 0 Å². The molecular weight excluding hydrogens is 338 g/mol. The molecule has 2 atom stereocenters. The number of hydrogen-bond donors (Lipinski definition) is 3. The highest BCUT2D eigenvalue weighted by Crippen LogP contribution is 2.32. The number of nitrogens with one attached hydrogen (secondary N) is 1. The zero-order chi connectivity index (χ0) is 20.0. The van der Waals surface area contributed by atoms with E-state index in [2.05, 4.69) is 12.2 Å². The third-order valence-electron chi connectivity index (χ3n) is 6.32. The van der Waals surface area contributed by atoms with Gasteiger partial charge in [-0.3, -0.25) is 4.79 Å². The molecule has 1 rings (SSSR count). The molecule has 5 N–H and O–H groups in total. The van der Waals surface area contributed by atoms with Crippen LogP contribution in [0.15, 0.2) is 0 Å². The average molecular weight is 382 g/mol. The summed E-state index contributed by atoms with van der Waals surface area (Å²) in [7, 11) is 0. The molecule has 0 bridgehead atoms. The summed E-state index contributed by atoms with van der Waals surface area (Å²) >= 11 is 0. The highest BCUT2D eigenvalue weighted by molar-refractivity contribution is 5.78. The highest BCUT2D eigenvalue weighted by Gasteiger charge is 2.38. The molecule has 1 saturated carbocycles. The molecule has 27 heavy (non-hydrogen) atoms. The van der Waals surface area contributed by atoms with Gasteiger partial charge in [0.25, 0.3) is 0 Å². The molecule has 2 unspecified atom stereocenters. The average Bonchev–Trinajstić information content (AvgIpc) is 2.59. The summed E-state index contributed by atoms with van der Waals surface area (Å²) in [4.78, 5) is 23.4. The fourth-order valence-electron chi connectivity index (χ4n) is 4.58. The van der Waals surface area contributed by atoms with Crippen LogP contribution in [0, 0.1) is 5.92 Å². The molecule has 3 amide bonds. The zero-order valence-corrected chi connectivity index (χ0v) is 17.6. The normalized spacial score (nSPS) is 27.8. The van der Waals surface area contributed by atoms with Gasteiger partial charge in [0.05, 0.1) is 5.54 Å². The summed E-state index contributed by atoms with van der Waals surface area (Å²) in [6.07, 6.45) is 19.7. The second kappa shape index (κ2) is 13.8. The van der Waals surface area contributed by atoms with Gasteiger partial charge < -0.3 is 16.8 Å². The lowest BCUT2D eigenvalue weighted by molar-refractivity contribution is -0.120. The molecule has 0 aliphatic heterocycles. The molecule has 0 spiro atoms. The maximum Gasteiger partial charge on any atom is 0.312 e. The Morgan fingerprint density at radius 1 is 0.778 bits per heavy atom. The molecular formula is C22H43N3O2. The van der Waals surface area contributed by atoms with E-state index in [1.165, 1.54) is 70.6 Å². The predicted molar refractivity (Wildman–Crippen MR) is 112 cm³/mol. The van der Waals surface area contributed by atoms with Crippen LogP contribution in [0.1, 0.15) is 116 Å². The molecule has 5 heteroatoms. The van der Waals surface area contributed by atoms with Gasteiger partial charge in [-0.25, -0.2) is 4.79 Å². The molecule has 0 aromatic rings. The minimum atomic E-state index is -0.594. The van der Waals surface area contributed by atoms with Gasteiger partial charge >= 0.3 is 6.03 Å². The van der Waals surface area contributed by atoms with Crippen molar-refractivity contribution in [2.24, 2.45) is 17.4 Å². The molecule has 0 saturated heterocycles. The van der Waals surface area contributed by atoms with Gasteiger partial charge in [-0.2, -0.15) is 0 Å². The smallest absolute Gasteiger partial charge is 0.312 e. The Morgan fingerprint density at radius 2 is 1.19 bits per heavy atom. The molecule has 0 heterocycles. The number of rotatable bonds is 3. The maximum absolute atomic E-state index is 11.8. The fourth-order valence-corrected chi connectivity index (χ4v) is 4.58. The summed E-state index contributed by atoms with van der Waals surface area (Å²) in [6.45, 7) is 2.14. The van der Waals surface area contributed by atoms with Crippen molar-refractivity contribution in [1.29, 1.82) is 0 Å². The molecule has 5 nitrogen and oxygen atoms in total. The molecule has 1 aliphatic rings. The van der Waals surface area contributed by atoms with Crippen molar-refractivity contribution in [3.05, 3.63) is 0 Å². The first kappa shape index (κ1) is 23.8. The maximum atomic E-state index is 11.8. The Labute approximate surface area is 166 Å². The van der Waals surface area contributed by atoms with E-state index >= 15 is 0 Å². The van der Waals surface area contributed by atoms with Gasteiger partial charge in [0, 0.05) is 6.42 Å². The van der Waals surface area contributed by atoms with Crippen LogP contribution in [-0.4, -0.2) is 17.5 Å². The number of urea groups is 1. The molecule has 1 aliphatic carbocycles. The van der Waals surface area contributed by atoms with Gasteiger partial charge in [0.2, 0.25) is 5.91 Å². The van der Waals surface area contributed by atoms with Crippen molar-refractivity contribution in [2.75, 3.05) is 0 Å². The molecule has 158 valence electrons. The number of nitrogens with two attached hydrogens (primary N) is 2. The highest BCUT2D eigenvalue weighted by atomic mass is 16.2. The van der Waals surface area contributed by atoms with Crippen LogP contribution >= 0.6 is 0 Å². The zero-order valence-electron chi connectivity index (χ0n) is 17.6. The van der Waals surface area contributed by atoms with Gasteiger partial charge in [-0.05, 0) is 18.8 Å². The van der Waals surface area contributed by atoms with Crippen LogP contribution in [-0.2, 0) is 4.79 Å². The lowest BCUT2D eigenvalue weighted by Crippen LogP contribution is -2.56. The summed E-state index contributed by atoms with van der Waals surface area (Å²) in [5.41, 5.74) is 10.4. The molecule has 1 fully saturated rings. The number of amides is 3. The second-order valence-electron chi connectivity index (χ2n) is 8.68. The van der Waals surface area contributed by atoms with E-state index in [1.54, 1.807) is 0 Å². The van der Waals surface area contributed by atoms with Crippen LogP contribution in [0.3, 0.4) is 0 Å². The first-order valence-electron chi connectivity index (χ1n) is 11.3. The molecule has 0 aromatic carbocycles. The lowest BCUT2D eigenvalue weighted by atomic mass is 9.75. The number of carbonyl (C=O) groups is 2. The first-order chi connectivity index (χ1) is 13.0. The quantitative estimate of drug-likeness (QED) is 0.629. The van der Waals surface area contributed by atoms with E-state index in [0.29, 0.717) is 0 Å². The Hall–Kier alpha value is -1.26. The van der Waals surface area contributed by atoms with Crippen LogP contribution in [0.4, 0.5) is 4.79 Å². The number of carbonyl (C=O) groups excluding carboxylic acids is 2. The summed E-state index contributed by atoms with van der Waals surface area (Å²) in [5, 5.41) is 2.93. The van der Waals surface area contributed by atoms with Gasteiger partial charge in [0.1, 0.15) is 0 Å². The van der Waals surface area contributed by atoms with Crippen molar-refractivity contribution in [3.8, 4) is 0 Å². The minimum absolute atomic E-state index is 0.178. The first-order valence-corrected chi connectivity index (χ1v) is 11.3. The number of primary amides is 2. The van der Waals surface area contributed by atoms with Crippen LogP contribution < -0.4 is 16.8 Å². The van der Waals surface area contributed by atoms with Crippen LogP contribution in [0.5, 0.6) is 0 Å². The van der Waals surface area contributed by atoms with Crippen molar-refractivity contribution < 1.29 is 9.59 Å². The topological polar surface area (TPSA) is 98.2 Å². The Kier molecular flexibility index (Phi) is 12.2. The van der Waals surface area contributed by atoms with Crippen LogP contribution in [0.2, 0.25) is 0 Å². The summed E-state index contributed by atoms with van der Waals surface area (Å²) in [5.74, 6) is -0.172. The monoisotopic (exact) mass is 381 g/mol. The Balaban J connectivity index is 2.73. The third-order valence-corrected chi connectivity index (χ3v) is 6.32. The molecule has 0 aromatic heterocycles. The van der Waals surface area contributed by atoms with Crippen molar-refractivity contribution in [1.82, 2.24) is 5.32 Å². The van der Waals surface area contributed by atoms with Gasteiger partial charge in [-0.15, -0.1) is 0 Å². The van der Waals surface area contributed by atoms with Gasteiger partial charge in [-0.1, -0.05) is 96.8 Å². The summed E-state index contributed by atoms with van der Waals surface area (Å²) < 4.78 is 0. The lowest BCUT2D eigenvalue weighted by Gasteiger charge is -2.39. The van der Waals surface area contributed by atoms with Gasteiger partial charge in [0.15, 0.2) is 0 Å². The van der Waals surface area contributed by atoms with E-state index in [1.807, 2.05) is 0 Å². The van der Waals surface area contributed by atoms with Crippen molar-refractivity contribution in [2.45, 2.75) is 122 Å². The minimum Gasteiger partial charge on any atom is -0.370 e. The van der Waals surface area contributed by atoms with Crippen molar-refractivity contribution >= 4 is 11.9 Å². The summed E-state index contributed by atoms with van der Waals surface area (Å²) in [6, 6.07) is -0.551. The van der Waals surface area contributed by atoms with E-state index in [0.717, 1.165) is 32.1 Å². The van der Waals surface area contributed by atoms with E-state index < -0.39 is 11.6 Å². The Bertz CT molecular complexity index is 410. The number of hydrogen-bond acceptors (Lipinski definition) is 2. The second-order valence-corrected chi connectivity index (χ2v) is 8.68. The van der Waals surface area contributed by atoms with Crippen molar-refractivity contribution in [3.63, 3.8) is 0 Å². The fraction of sp³-hybridized carbons (Fsp3) is 0.909. The Morgan fingerprint density at radius 3 is 1.59 bits per heavy atom. The SMILES string of the molecule is CC1CCCCCCCCCCCCCCCCC1(CC(N)=O)NC(N)=O. The third kappa shape index (κ3) is 10.6. The van der Waals surface area contributed by atoms with E-state index in [9.17, 15) is 9.59 Å². The van der Waals surface area contributed by atoms with E-state index in [4.69, 9.17) is 11.5 Å². The standard InChI is InChI=1S/C22H43N3O2/c1-19-16-14-12-10-8-6-4-2-3-5-7-9-11-13-15-17-22(19,18-20(23)26)25-21(24)27/h19H,2-18H2,1H3,(H2,23,26)(H3,24,25,27).